The van der Waals surface area contributed by atoms with E-state index in [0.29, 0.717) is 6.42 Å². The van der Waals surface area contributed by atoms with E-state index in [-0.39, 0.29) is 11.9 Å². The Labute approximate surface area is 136 Å². The smallest absolute Gasteiger partial charge is 0.227 e. The lowest BCUT2D eigenvalue weighted by molar-refractivity contribution is -0.131. The molecule has 2 aromatic rings. The van der Waals surface area contributed by atoms with E-state index in [1.807, 2.05) is 37.1 Å². The molecule has 2 aromatic heterocycles. The molecule has 0 radical (unpaired) electrons. The maximum absolute atomic E-state index is 12.7. The Hall–Kier alpha value is -2.50. The Morgan fingerprint density at radius 3 is 3.04 bits per heavy atom. The van der Waals surface area contributed by atoms with E-state index in [1.165, 1.54) is 0 Å². The Bertz CT molecular complexity index is 689. The summed E-state index contributed by atoms with van der Waals surface area (Å²) in [7, 11) is 1.84. The van der Waals surface area contributed by atoms with Gasteiger partial charge in [-0.25, -0.2) is 9.97 Å². The molecule has 1 fully saturated rings. The topological polar surface area (TPSA) is 71.0 Å². The second-order valence-corrected chi connectivity index (χ2v) is 5.76. The molecule has 0 aromatic carbocycles. The first-order valence-corrected chi connectivity index (χ1v) is 7.89. The first-order valence-electron chi connectivity index (χ1n) is 7.89. The second kappa shape index (κ2) is 6.73. The average molecular weight is 311 g/mol. The third kappa shape index (κ3) is 3.47. The van der Waals surface area contributed by atoms with E-state index >= 15 is 0 Å². The van der Waals surface area contributed by atoms with E-state index in [2.05, 4.69) is 20.3 Å². The fourth-order valence-electron chi connectivity index (χ4n) is 3.04. The number of carbonyl (C=O) groups excluding carboxylic acids is 1. The summed E-state index contributed by atoms with van der Waals surface area (Å²) in [5, 5.41) is 3.05. The van der Waals surface area contributed by atoms with E-state index in [0.717, 1.165) is 42.3 Å². The molecule has 3 heterocycles. The molecule has 3 rings (SSSR count). The van der Waals surface area contributed by atoms with Gasteiger partial charge in [0.1, 0.15) is 11.6 Å². The molecular formula is C17H21N5O. The lowest BCUT2D eigenvalue weighted by Gasteiger charge is -2.25. The van der Waals surface area contributed by atoms with E-state index in [9.17, 15) is 4.79 Å². The summed E-state index contributed by atoms with van der Waals surface area (Å²) in [6.07, 6.45) is 5.79. The normalized spacial score (nSPS) is 17.3. The van der Waals surface area contributed by atoms with Crippen molar-refractivity contribution in [1.29, 1.82) is 0 Å². The molecule has 0 saturated carbocycles. The standard InChI is InChI=1S/C17H21N5O/c1-12-20-14(10-16(18-2)21-12)15-6-4-8-22(15)17(23)9-13-5-3-7-19-11-13/h3,5,7,10-11,15H,4,6,8-9H2,1-2H3,(H,18,20,21)/t15-/m0/s1. The van der Waals surface area contributed by atoms with E-state index in [1.54, 1.807) is 12.4 Å². The van der Waals surface area contributed by atoms with Crippen molar-refractivity contribution in [3.63, 3.8) is 0 Å². The van der Waals surface area contributed by atoms with Crippen LogP contribution in [0.1, 0.15) is 36.0 Å². The van der Waals surface area contributed by atoms with Gasteiger partial charge in [0.15, 0.2) is 0 Å². The minimum Gasteiger partial charge on any atom is -0.373 e. The van der Waals surface area contributed by atoms with Gasteiger partial charge in [0, 0.05) is 32.1 Å². The molecule has 0 unspecified atom stereocenters. The van der Waals surface area contributed by atoms with Crippen LogP contribution in [0.25, 0.3) is 0 Å². The summed E-state index contributed by atoms with van der Waals surface area (Å²) in [5.41, 5.74) is 1.86. The highest BCUT2D eigenvalue weighted by Crippen LogP contribution is 2.32. The number of aryl methyl sites for hydroxylation is 1. The third-order valence-corrected chi connectivity index (χ3v) is 4.11. The molecule has 120 valence electrons. The molecule has 6 heteroatoms. The van der Waals surface area contributed by atoms with Gasteiger partial charge in [-0.15, -0.1) is 0 Å². The Balaban J connectivity index is 1.80. The summed E-state index contributed by atoms with van der Waals surface area (Å²) in [6.45, 7) is 2.66. The number of anilines is 1. The van der Waals surface area contributed by atoms with Crippen LogP contribution in [-0.4, -0.2) is 39.4 Å². The lowest BCUT2D eigenvalue weighted by atomic mass is 10.1. The molecule has 0 bridgehead atoms. The van der Waals surface area contributed by atoms with Gasteiger partial charge in [-0.05, 0) is 31.4 Å². The van der Waals surface area contributed by atoms with Gasteiger partial charge in [0.2, 0.25) is 5.91 Å². The van der Waals surface area contributed by atoms with Crippen molar-refractivity contribution in [3.8, 4) is 0 Å². The van der Waals surface area contributed by atoms with Gasteiger partial charge < -0.3 is 10.2 Å². The highest BCUT2D eigenvalue weighted by atomic mass is 16.2. The first kappa shape index (κ1) is 15.4. The number of aromatic nitrogens is 3. The van der Waals surface area contributed by atoms with Gasteiger partial charge in [0.05, 0.1) is 18.2 Å². The van der Waals surface area contributed by atoms with Crippen LogP contribution in [0.2, 0.25) is 0 Å². The largest absolute Gasteiger partial charge is 0.373 e. The van der Waals surface area contributed by atoms with Gasteiger partial charge in [-0.1, -0.05) is 6.07 Å². The summed E-state index contributed by atoms with van der Waals surface area (Å²) >= 11 is 0. The zero-order chi connectivity index (χ0) is 16.2. The molecule has 1 atom stereocenters. The number of likely N-dealkylation sites (tertiary alicyclic amines) is 1. The second-order valence-electron chi connectivity index (χ2n) is 5.76. The molecule has 1 saturated heterocycles. The number of hydrogen-bond donors (Lipinski definition) is 1. The van der Waals surface area contributed by atoms with Crippen LogP contribution in [0.4, 0.5) is 5.82 Å². The maximum Gasteiger partial charge on any atom is 0.227 e. The van der Waals surface area contributed by atoms with Gasteiger partial charge >= 0.3 is 0 Å². The zero-order valence-electron chi connectivity index (χ0n) is 13.5. The predicted octanol–water partition coefficient (Wildman–Crippen LogP) is 2.13. The van der Waals surface area contributed by atoms with Crippen molar-refractivity contribution in [2.75, 3.05) is 18.9 Å². The molecule has 1 amide bonds. The maximum atomic E-state index is 12.7. The van der Waals surface area contributed by atoms with Crippen LogP contribution in [-0.2, 0) is 11.2 Å². The van der Waals surface area contributed by atoms with E-state index < -0.39 is 0 Å². The molecular weight excluding hydrogens is 290 g/mol. The number of pyridine rings is 1. The fourth-order valence-corrected chi connectivity index (χ4v) is 3.04. The molecule has 1 N–H and O–H groups in total. The number of nitrogens with zero attached hydrogens (tertiary/aromatic N) is 4. The van der Waals surface area contributed by atoms with Crippen molar-refractivity contribution in [3.05, 3.63) is 47.7 Å². The summed E-state index contributed by atoms with van der Waals surface area (Å²) in [5.74, 6) is 1.64. The average Bonchev–Trinajstić information content (AvgIpc) is 3.05. The van der Waals surface area contributed by atoms with Crippen LogP contribution in [0.5, 0.6) is 0 Å². The number of hydrogen-bond acceptors (Lipinski definition) is 5. The van der Waals surface area contributed by atoms with Crippen LogP contribution in [0.3, 0.4) is 0 Å². The lowest BCUT2D eigenvalue weighted by Crippen LogP contribution is -2.32. The molecule has 1 aliphatic heterocycles. The minimum absolute atomic E-state index is 0.0352. The minimum atomic E-state index is 0.0352. The number of amides is 1. The SMILES string of the molecule is CNc1cc([C@@H]2CCCN2C(=O)Cc2cccnc2)nc(C)n1. The Morgan fingerprint density at radius 2 is 2.30 bits per heavy atom. The van der Waals surface area contributed by atoms with Crippen LogP contribution in [0, 0.1) is 6.92 Å². The predicted molar refractivity (Wildman–Crippen MR) is 87.9 cm³/mol. The monoisotopic (exact) mass is 311 g/mol. The molecule has 0 spiro atoms. The van der Waals surface area contributed by atoms with Crippen LogP contribution in [0.15, 0.2) is 30.6 Å². The number of rotatable bonds is 4. The van der Waals surface area contributed by atoms with Crippen molar-refractivity contribution in [2.45, 2.75) is 32.2 Å². The van der Waals surface area contributed by atoms with Gasteiger partial charge in [0.25, 0.3) is 0 Å². The Morgan fingerprint density at radius 1 is 1.43 bits per heavy atom. The third-order valence-electron chi connectivity index (χ3n) is 4.11. The number of carbonyl (C=O) groups is 1. The molecule has 23 heavy (non-hydrogen) atoms. The van der Waals surface area contributed by atoms with Crippen LogP contribution >= 0.6 is 0 Å². The van der Waals surface area contributed by atoms with Gasteiger partial charge in [-0.2, -0.15) is 0 Å². The zero-order valence-corrected chi connectivity index (χ0v) is 13.5. The van der Waals surface area contributed by atoms with E-state index in [4.69, 9.17) is 0 Å². The summed E-state index contributed by atoms with van der Waals surface area (Å²) < 4.78 is 0. The van der Waals surface area contributed by atoms with Crippen molar-refractivity contribution >= 4 is 11.7 Å². The highest BCUT2D eigenvalue weighted by Gasteiger charge is 2.31. The highest BCUT2D eigenvalue weighted by molar-refractivity contribution is 5.79. The van der Waals surface area contributed by atoms with Crippen LogP contribution < -0.4 is 5.32 Å². The van der Waals surface area contributed by atoms with Crippen molar-refractivity contribution in [2.24, 2.45) is 0 Å². The molecule has 6 nitrogen and oxygen atoms in total. The molecule has 1 aliphatic rings. The number of nitrogens with one attached hydrogen (secondary N) is 1. The molecule has 0 aliphatic carbocycles. The quantitative estimate of drug-likeness (QED) is 0.936. The first-order chi connectivity index (χ1) is 11.2. The summed E-state index contributed by atoms with van der Waals surface area (Å²) in [6, 6.07) is 5.77. The van der Waals surface area contributed by atoms with Crippen molar-refractivity contribution < 1.29 is 4.79 Å². The van der Waals surface area contributed by atoms with Gasteiger partial charge in [-0.3, -0.25) is 9.78 Å². The summed E-state index contributed by atoms with van der Waals surface area (Å²) in [4.78, 5) is 27.6. The van der Waals surface area contributed by atoms with Crippen molar-refractivity contribution in [1.82, 2.24) is 19.9 Å². The Kier molecular flexibility index (Phi) is 4.50. The fraction of sp³-hybridized carbons (Fsp3) is 0.412.